The van der Waals surface area contributed by atoms with Crippen molar-refractivity contribution in [1.82, 2.24) is 14.7 Å². The Morgan fingerprint density at radius 3 is 2.95 bits per heavy atom. The first-order valence-corrected chi connectivity index (χ1v) is 7.18. The van der Waals surface area contributed by atoms with Crippen LogP contribution < -0.4 is 0 Å². The Morgan fingerprint density at radius 2 is 2.24 bits per heavy atom. The number of hydrogen-bond acceptors (Lipinski definition) is 2. The maximum atomic E-state index is 13.3. The molecule has 2 heterocycles. The number of benzene rings is 1. The lowest BCUT2D eigenvalue weighted by Crippen LogP contribution is -2.39. The molecule has 2 aromatic rings. The van der Waals surface area contributed by atoms with Crippen LogP contribution in [0.5, 0.6) is 0 Å². The van der Waals surface area contributed by atoms with Gasteiger partial charge in [-0.15, -0.1) is 0 Å². The quantitative estimate of drug-likeness (QED) is 0.851. The maximum Gasteiger partial charge on any atom is 0.253 e. The number of carbonyl (C=O) groups is 1. The van der Waals surface area contributed by atoms with Crippen molar-refractivity contribution in [3.63, 3.8) is 0 Å². The minimum Gasteiger partial charge on any atom is -0.338 e. The Balaban J connectivity index is 1.75. The summed E-state index contributed by atoms with van der Waals surface area (Å²) in [5.74, 6) is -0.216. The Morgan fingerprint density at radius 1 is 1.38 bits per heavy atom. The van der Waals surface area contributed by atoms with Crippen molar-refractivity contribution in [2.75, 3.05) is 13.1 Å². The molecule has 0 unspecified atom stereocenters. The number of nitrogens with zero attached hydrogens (tertiary/aromatic N) is 3. The van der Waals surface area contributed by atoms with Gasteiger partial charge in [-0.2, -0.15) is 5.10 Å². The average molecular weight is 287 g/mol. The molecular weight excluding hydrogens is 269 g/mol. The van der Waals surface area contributed by atoms with E-state index >= 15 is 0 Å². The highest BCUT2D eigenvalue weighted by Gasteiger charge is 2.26. The van der Waals surface area contributed by atoms with Crippen molar-refractivity contribution in [2.45, 2.75) is 18.8 Å². The van der Waals surface area contributed by atoms with Gasteiger partial charge in [-0.1, -0.05) is 6.07 Å². The number of aromatic nitrogens is 2. The molecule has 0 radical (unpaired) electrons. The predicted molar refractivity (Wildman–Crippen MR) is 77.5 cm³/mol. The van der Waals surface area contributed by atoms with E-state index in [1.54, 1.807) is 21.7 Å². The van der Waals surface area contributed by atoms with Gasteiger partial charge in [-0.3, -0.25) is 9.48 Å². The van der Waals surface area contributed by atoms with Gasteiger partial charge in [0.25, 0.3) is 5.91 Å². The summed E-state index contributed by atoms with van der Waals surface area (Å²) in [6.45, 7) is 1.37. The highest BCUT2D eigenvalue weighted by Crippen LogP contribution is 2.26. The zero-order chi connectivity index (χ0) is 14.8. The second-order valence-corrected chi connectivity index (χ2v) is 5.51. The molecule has 110 valence electrons. The Bertz CT molecular complexity index is 652. The van der Waals surface area contributed by atoms with E-state index in [-0.39, 0.29) is 17.6 Å². The lowest BCUT2D eigenvalue weighted by Gasteiger charge is -2.32. The molecule has 5 heteroatoms. The number of carbonyl (C=O) groups excluding carboxylic acids is 1. The lowest BCUT2D eigenvalue weighted by molar-refractivity contribution is 0.0705. The monoisotopic (exact) mass is 287 g/mol. The van der Waals surface area contributed by atoms with Crippen LogP contribution in [0.15, 0.2) is 36.5 Å². The summed E-state index contributed by atoms with van der Waals surface area (Å²) >= 11 is 0. The van der Waals surface area contributed by atoms with Crippen molar-refractivity contribution >= 4 is 5.91 Å². The number of rotatable bonds is 2. The Kier molecular flexibility index (Phi) is 3.73. The predicted octanol–water partition coefficient (Wildman–Crippen LogP) is 2.58. The normalized spacial score (nSPS) is 18.8. The van der Waals surface area contributed by atoms with Crippen LogP contribution in [-0.4, -0.2) is 33.7 Å². The molecule has 0 spiro atoms. The maximum absolute atomic E-state index is 13.3. The van der Waals surface area contributed by atoms with Crippen LogP contribution in [0.3, 0.4) is 0 Å². The highest BCUT2D eigenvalue weighted by atomic mass is 19.1. The number of hydrogen-bond donors (Lipinski definition) is 0. The minimum atomic E-state index is -0.376. The molecule has 1 aliphatic rings. The van der Waals surface area contributed by atoms with E-state index in [4.69, 9.17) is 0 Å². The van der Waals surface area contributed by atoms with Crippen LogP contribution in [0.2, 0.25) is 0 Å². The van der Waals surface area contributed by atoms with Crippen LogP contribution in [0, 0.1) is 5.82 Å². The topological polar surface area (TPSA) is 38.1 Å². The van der Waals surface area contributed by atoms with Gasteiger partial charge in [0.1, 0.15) is 5.82 Å². The van der Waals surface area contributed by atoms with Gasteiger partial charge in [0, 0.05) is 37.8 Å². The molecule has 21 heavy (non-hydrogen) atoms. The number of halogens is 1. The first-order chi connectivity index (χ1) is 10.1. The van der Waals surface area contributed by atoms with Crippen molar-refractivity contribution in [3.05, 3.63) is 53.6 Å². The molecule has 1 saturated heterocycles. The molecule has 1 amide bonds. The first-order valence-electron chi connectivity index (χ1n) is 7.18. The van der Waals surface area contributed by atoms with Crippen molar-refractivity contribution in [1.29, 1.82) is 0 Å². The van der Waals surface area contributed by atoms with E-state index in [2.05, 4.69) is 5.10 Å². The summed E-state index contributed by atoms with van der Waals surface area (Å²) in [7, 11) is 1.89. The van der Waals surface area contributed by atoms with Crippen LogP contribution in [0.25, 0.3) is 0 Å². The molecule has 0 aliphatic carbocycles. The van der Waals surface area contributed by atoms with Crippen LogP contribution in [0.1, 0.15) is 34.8 Å². The minimum absolute atomic E-state index is 0.102. The molecule has 0 N–H and O–H groups in total. The van der Waals surface area contributed by atoms with Crippen LogP contribution in [-0.2, 0) is 7.05 Å². The SMILES string of the molecule is Cn1ccc([C@@H]2CCCN(C(=O)c3cccc(F)c3)C2)n1. The molecule has 0 bridgehead atoms. The standard InChI is InChI=1S/C16H18FN3O/c1-19-9-7-15(18-19)13-5-3-8-20(11-13)16(21)12-4-2-6-14(17)10-12/h2,4,6-7,9-10,13H,3,5,8,11H2,1H3/t13-/m1/s1. The van der Waals surface area contributed by atoms with E-state index in [1.165, 1.54) is 12.1 Å². The second-order valence-electron chi connectivity index (χ2n) is 5.51. The molecule has 3 rings (SSSR count). The zero-order valence-electron chi connectivity index (χ0n) is 12.0. The van der Waals surface area contributed by atoms with E-state index in [1.807, 2.05) is 19.3 Å². The van der Waals surface area contributed by atoms with Gasteiger partial charge in [0.15, 0.2) is 0 Å². The third-order valence-corrected chi connectivity index (χ3v) is 3.93. The van der Waals surface area contributed by atoms with Gasteiger partial charge in [0.05, 0.1) is 5.69 Å². The third kappa shape index (κ3) is 2.96. The van der Waals surface area contributed by atoms with Crippen molar-refractivity contribution in [2.24, 2.45) is 7.05 Å². The van der Waals surface area contributed by atoms with Crippen LogP contribution in [0.4, 0.5) is 4.39 Å². The summed E-state index contributed by atoms with van der Waals surface area (Å²) in [4.78, 5) is 14.3. The summed E-state index contributed by atoms with van der Waals surface area (Å²) in [5.41, 5.74) is 1.44. The first kappa shape index (κ1) is 13.8. The molecule has 1 atom stereocenters. The molecule has 1 aromatic carbocycles. The third-order valence-electron chi connectivity index (χ3n) is 3.93. The smallest absolute Gasteiger partial charge is 0.253 e. The average Bonchev–Trinajstić information content (AvgIpc) is 2.93. The summed E-state index contributed by atoms with van der Waals surface area (Å²) in [6, 6.07) is 7.88. The highest BCUT2D eigenvalue weighted by molar-refractivity contribution is 5.94. The van der Waals surface area contributed by atoms with Gasteiger partial charge >= 0.3 is 0 Å². The molecule has 1 aliphatic heterocycles. The molecule has 1 aromatic heterocycles. The molecule has 0 saturated carbocycles. The zero-order valence-corrected chi connectivity index (χ0v) is 12.0. The fraction of sp³-hybridized carbons (Fsp3) is 0.375. The Hall–Kier alpha value is -2.17. The second kappa shape index (κ2) is 5.68. The van der Waals surface area contributed by atoms with Gasteiger partial charge < -0.3 is 4.90 Å². The number of piperidine rings is 1. The van der Waals surface area contributed by atoms with E-state index in [0.717, 1.165) is 25.1 Å². The van der Waals surface area contributed by atoms with Gasteiger partial charge in [-0.05, 0) is 37.1 Å². The molecule has 4 nitrogen and oxygen atoms in total. The van der Waals surface area contributed by atoms with Crippen molar-refractivity contribution in [3.8, 4) is 0 Å². The number of likely N-dealkylation sites (tertiary alicyclic amines) is 1. The molecular formula is C16H18FN3O. The fourth-order valence-electron chi connectivity index (χ4n) is 2.86. The van der Waals surface area contributed by atoms with Gasteiger partial charge in [-0.25, -0.2) is 4.39 Å². The summed E-state index contributed by atoms with van der Waals surface area (Å²) < 4.78 is 15.0. The van der Waals surface area contributed by atoms with E-state index < -0.39 is 0 Å². The number of amides is 1. The lowest BCUT2D eigenvalue weighted by atomic mass is 9.94. The summed E-state index contributed by atoms with van der Waals surface area (Å²) in [5, 5.41) is 4.43. The summed E-state index contributed by atoms with van der Waals surface area (Å²) in [6.07, 6.45) is 3.90. The fourth-order valence-corrected chi connectivity index (χ4v) is 2.86. The van der Waals surface area contributed by atoms with Crippen LogP contribution >= 0.6 is 0 Å². The van der Waals surface area contributed by atoms with Crippen molar-refractivity contribution < 1.29 is 9.18 Å². The van der Waals surface area contributed by atoms with Gasteiger partial charge in [0.2, 0.25) is 0 Å². The number of aryl methyl sites for hydroxylation is 1. The Labute approximate surface area is 123 Å². The molecule has 1 fully saturated rings. The largest absolute Gasteiger partial charge is 0.338 e. The van der Waals surface area contributed by atoms with E-state index in [9.17, 15) is 9.18 Å². The van der Waals surface area contributed by atoms with E-state index in [0.29, 0.717) is 12.1 Å².